The molecule has 0 fully saturated rings. The van der Waals surface area contributed by atoms with Crippen LogP contribution in [0.25, 0.3) is 0 Å². The van der Waals surface area contributed by atoms with Gasteiger partial charge in [-0.05, 0) is 36.2 Å². The number of rotatable bonds is 4. The van der Waals surface area contributed by atoms with Gasteiger partial charge in [0.05, 0.1) is 6.04 Å². The van der Waals surface area contributed by atoms with E-state index in [0.29, 0.717) is 6.54 Å². The van der Waals surface area contributed by atoms with Gasteiger partial charge in [0.1, 0.15) is 0 Å². The van der Waals surface area contributed by atoms with Crippen LogP contribution in [0.5, 0.6) is 0 Å². The standard InChI is InChI=1S/C15H17ClN2/c1-11-5-2-3-8-14(11)15(10-17)18-13-7-4-6-12(16)9-13/h2-9,15,18H,10,17H2,1H3. The van der Waals surface area contributed by atoms with Crippen molar-refractivity contribution in [2.45, 2.75) is 13.0 Å². The summed E-state index contributed by atoms with van der Waals surface area (Å²) < 4.78 is 0. The van der Waals surface area contributed by atoms with Crippen LogP contribution in [-0.2, 0) is 0 Å². The van der Waals surface area contributed by atoms with E-state index in [-0.39, 0.29) is 6.04 Å². The summed E-state index contributed by atoms with van der Waals surface area (Å²) in [6, 6.07) is 16.0. The van der Waals surface area contributed by atoms with Crippen LogP contribution in [0.1, 0.15) is 17.2 Å². The average molecular weight is 261 g/mol. The van der Waals surface area contributed by atoms with Gasteiger partial charge in [0.2, 0.25) is 0 Å². The van der Waals surface area contributed by atoms with Gasteiger partial charge in [0.25, 0.3) is 0 Å². The van der Waals surface area contributed by atoms with Gasteiger partial charge >= 0.3 is 0 Å². The van der Waals surface area contributed by atoms with E-state index >= 15 is 0 Å². The molecule has 1 atom stereocenters. The maximum absolute atomic E-state index is 5.98. The maximum atomic E-state index is 5.98. The number of aryl methyl sites for hydroxylation is 1. The molecule has 0 aliphatic rings. The molecule has 2 aromatic rings. The topological polar surface area (TPSA) is 38.0 Å². The fourth-order valence-electron chi connectivity index (χ4n) is 2.02. The number of benzene rings is 2. The van der Waals surface area contributed by atoms with E-state index in [9.17, 15) is 0 Å². The minimum Gasteiger partial charge on any atom is -0.377 e. The van der Waals surface area contributed by atoms with Crippen LogP contribution < -0.4 is 11.1 Å². The molecule has 0 radical (unpaired) electrons. The largest absolute Gasteiger partial charge is 0.377 e. The van der Waals surface area contributed by atoms with E-state index in [0.717, 1.165) is 10.7 Å². The number of nitrogens with one attached hydrogen (secondary N) is 1. The van der Waals surface area contributed by atoms with Crippen LogP contribution in [0, 0.1) is 6.92 Å². The third kappa shape index (κ3) is 3.03. The molecule has 1 unspecified atom stereocenters. The second kappa shape index (κ2) is 5.89. The Morgan fingerprint density at radius 1 is 1.17 bits per heavy atom. The third-order valence-corrected chi connectivity index (χ3v) is 3.20. The summed E-state index contributed by atoms with van der Waals surface area (Å²) in [5.74, 6) is 0. The maximum Gasteiger partial charge on any atom is 0.0638 e. The summed E-state index contributed by atoms with van der Waals surface area (Å²) in [5, 5.41) is 4.14. The van der Waals surface area contributed by atoms with Crippen molar-refractivity contribution >= 4 is 17.3 Å². The minimum absolute atomic E-state index is 0.102. The van der Waals surface area contributed by atoms with Gasteiger partial charge < -0.3 is 11.1 Å². The summed E-state index contributed by atoms with van der Waals surface area (Å²) in [4.78, 5) is 0. The highest BCUT2D eigenvalue weighted by atomic mass is 35.5. The van der Waals surface area contributed by atoms with Crippen molar-refractivity contribution < 1.29 is 0 Å². The molecular weight excluding hydrogens is 244 g/mol. The quantitative estimate of drug-likeness (QED) is 0.878. The van der Waals surface area contributed by atoms with Crippen molar-refractivity contribution in [2.24, 2.45) is 5.73 Å². The Balaban J connectivity index is 2.23. The van der Waals surface area contributed by atoms with Crippen LogP contribution in [0.15, 0.2) is 48.5 Å². The second-order valence-electron chi connectivity index (χ2n) is 4.30. The zero-order valence-electron chi connectivity index (χ0n) is 10.4. The molecule has 2 aromatic carbocycles. The first-order valence-electron chi connectivity index (χ1n) is 5.98. The molecule has 18 heavy (non-hydrogen) atoms. The Hall–Kier alpha value is -1.51. The molecule has 2 rings (SSSR count). The van der Waals surface area contributed by atoms with Crippen molar-refractivity contribution in [3.05, 3.63) is 64.7 Å². The van der Waals surface area contributed by atoms with Crippen molar-refractivity contribution in [1.29, 1.82) is 0 Å². The van der Waals surface area contributed by atoms with E-state index in [1.165, 1.54) is 11.1 Å². The van der Waals surface area contributed by atoms with Gasteiger partial charge in [-0.1, -0.05) is 41.9 Å². The lowest BCUT2D eigenvalue weighted by Gasteiger charge is -2.20. The summed E-state index contributed by atoms with van der Waals surface area (Å²) in [5.41, 5.74) is 9.31. The summed E-state index contributed by atoms with van der Waals surface area (Å²) >= 11 is 5.98. The molecule has 3 N–H and O–H groups in total. The first-order chi connectivity index (χ1) is 8.70. The minimum atomic E-state index is 0.102. The highest BCUT2D eigenvalue weighted by Gasteiger charge is 2.11. The van der Waals surface area contributed by atoms with Crippen LogP contribution in [0.3, 0.4) is 0 Å². The zero-order valence-corrected chi connectivity index (χ0v) is 11.1. The van der Waals surface area contributed by atoms with E-state index in [1.54, 1.807) is 0 Å². The normalized spacial score (nSPS) is 12.2. The van der Waals surface area contributed by atoms with Crippen LogP contribution in [0.2, 0.25) is 5.02 Å². The van der Waals surface area contributed by atoms with Gasteiger partial charge in [0.15, 0.2) is 0 Å². The SMILES string of the molecule is Cc1ccccc1C(CN)Nc1cccc(Cl)c1. The summed E-state index contributed by atoms with van der Waals surface area (Å²) in [6.07, 6.45) is 0. The number of anilines is 1. The molecule has 3 heteroatoms. The first kappa shape index (κ1) is 12.9. The zero-order chi connectivity index (χ0) is 13.0. The summed E-state index contributed by atoms with van der Waals surface area (Å²) in [6.45, 7) is 2.63. The lowest BCUT2D eigenvalue weighted by Crippen LogP contribution is -2.21. The molecule has 0 heterocycles. The average Bonchev–Trinajstić information content (AvgIpc) is 2.37. The molecule has 0 amide bonds. The summed E-state index contributed by atoms with van der Waals surface area (Å²) in [7, 11) is 0. The Morgan fingerprint density at radius 2 is 1.94 bits per heavy atom. The number of hydrogen-bond donors (Lipinski definition) is 2. The smallest absolute Gasteiger partial charge is 0.0638 e. The van der Waals surface area contributed by atoms with Crippen molar-refractivity contribution in [1.82, 2.24) is 0 Å². The van der Waals surface area contributed by atoms with E-state index < -0.39 is 0 Å². The van der Waals surface area contributed by atoms with Crippen molar-refractivity contribution in [2.75, 3.05) is 11.9 Å². The van der Waals surface area contributed by atoms with E-state index in [1.807, 2.05) is 36.4 Å². The number of halogens is 1. The molecule has 0 saturated heterocycles. The van der Waals surface area contributed by atoms with Gasteiger partial charge in [0, 0.05) is 17.3 Å². The number of nitrogens with two attached hydrogens (primary N) is 1. The monoisotopic (exact) mass is 260 g/mol. The number of hydrogen-bond acceptors (Lipinski definition) is 2. The Morgan fingerprint density at radius 3 is 2.61 bits per heavy atom. The van der Waals surface area contributed by atoms with Gasteiger partial charge in [-0.15, -0.1) is 0 Å². The Kier molecular flexibility index (Phi) is 4.24. The lowest BCUT2D eigenvalue weighted by atomic mass is 10.0. The molecule has 2 nitrogen and oxygen atoms in total. The van der Waals surface area contributed by atoms with Gasteiger partial charge in [-0.3, -0.25) is 0 Å². The Bertz CT molecular complexity index is 525. The lowest BCUT2D eigenvalue weighted by molar-refractivity contribution is 0.784. The van der Waals surface area contributed by atoms with Gasteiger partial charge in [-0.25, -0.2) is 0 Å². The molecule has 0 bridgehead atoms. The first-order valence-corrected chi connectivity index (χ1v) is 6.36. The van der Waals surface area contributed by atoms with E-state index in [4.69, 9.17) is 17.3 Å². The van der Waals surface area contributed by atoms with Crippen LogP contribution in [-0.4, -0.2) is 6.54 Å². The van der Waals surface area contributed by atoms with Gasteiger partial charge in [-0.2, -0.15) is 0 Å². The third-order valence-electron chi connectivity index (χ3n) is 2.97. The molecule has 0 aliphatic heterocycles. The molecule has 94 valence electrons. The highest BCUT2D eigenvalue weighted by Crippen LogP contribution is 2.23. The van der Waals surface area contributed by atoms with Crippen molar-refractivity contribution in [3.8, 4) is 0 Å². The van der Waals surface area contributed by atoms with Crippen molar-refractivity contribution in [3.63, 3.8) is 0 Å². The fraction of sp³-hybridized carbons (Fsp3) is 0.200. The molecule has 0 aromatic heterocycles. The van der Waals surface area contributed by atoms with E-state index in [2.05, 4.69) is 24.4 Å². The fourth-order valence-corrected chi connectivity index (χ4v) is 2.21. The van der Waals surface area contributed by atoms with Crippen LogP contribution >= 0.6 is 11.6 Å². The molecular formula is C15H17ClN2. The molecule has 0 saturated carbocycles. The molecule has 0 spiro atoms. The predicted octanol–water partition coefficient (Wildman–Crippen LogP) is 3.76. The Labute approximate surface area is 113 Å². The highest BCUT2D eigenvalue weighted by molar-refractivity contribution is 6.30. The second-order valence-corrected chi connectivity index (χ2v) is 4.74. The molecule has 0 aliphatic carbocycles. The van der Waals surface area contributed by atoms with Crippen LogP contribution in [0.4, 0.5) is 5.69 Å². The predicted molar refractivity (Wildman–Crippen MR) is 78.0 cm³/mol.